The SMILES string of the molecule is Cc1cccc(S(=O)(=O)[O][In]([O]S(=O)(=O)c2cccc(C)c2)[O]S(=O)(=O)c2cccc(C)c2)c1. The number of hydrogen-bond donors (Lipinski definition) is 0. The monoisotopic (exact) mass is 628 g/mol. The zero-order valence-electron chi connectivity index (χ0n) is 18.4. The van der Waals surface area contributed by atoms with Crippen molar-refractivity contribution < 1.29 is 32.2 Å². The van der Waals surface area contributed by atoms with E-state index in [4.69, 9.17) is 6.90 Å². The molecule has 34 heavy (non-hydrogen) atoms. The van der Waals surface area contributed by atoms with Crippen molar-refractivity contribution >= 4 is 53.1 Å². The van der Waals surface area contributed by atoms with E-state index in [1.165, 1.54) is 54.6 Å². The number of benzene rings is 3. The summed E-state index contributed by atoms with van der Waals surface area (Å²) in [5.41, 5.74) is 1.79. The molecule has 0 radical (unpaired) electrons. The molecular formula is C21H21InO9S3. The fourth-order valence-electron chi connectivity index (χ4n) is 2.84. The van der Waals surface area contributed by atoms with Crippen LogP contribution in [0.15, 0.2) is 87.5 Å². The molecule has 3 rings (SSSR count). The van der Waals surface area contributed by atoms with Crippen LogP contribution in [0.4, 0.5) is 0 Å². The van der Waals surface area contributed by atoms with Crippen molar-refractivity contribution in [2.45, 2.75) is 35.5 Å². The first-order valence-corrected chi connectivity index (χ1v) is 18.0. The van der Waals surface area contributed by atoms with Gasteiger partial charge in [-0.05, 0) is 0 Å². The molecule has 0 amide bonds. The first-order chi connectivity index (χ1) is 15.8. The molecule has 3 aromatic carbocycles. The molecular weight excluding hydrogens is 607 g/mol. The van der Waals surface area contributed by atoms with Crippen LogP contribution in [0.2, 0.25) is 0 Å². The molecule has 0 unspecified atom stereocenters. The average molecular weight is 628 g/mol. The van der Waals surface area contributed by atoms with Crippen molar-refractivity contribution in [3.63, 3.8) is 0 Å². The van der Waals surface area contributed by atoms with Gasteiger partial charge in [0.15, 0.2) is 0 Å². The van der Waals surface area contributed by atoms with Crippen LogP contribution in [-0.2, 0) is 37.3 Å². The van der Waals surface area contributed by atoms with Crippen molar-refractivity contribution in [3.8, 4) is 0 Å². The number of rotatable bonds is 9. The van der Waals surface area contributed by atoms with E-state index in [2.05, 4.69) is 0 Å². The first kappa shape index (κ1) is 26.9. The standard InChI is InChI=1S/3C7H8O3S.In/c3*1-6-3-2-4-7(5-6)11(8,9)10;/h3*2-5H,1H3,(H,8,9,10);/q;;;+3/p-3. The molecule has 0 aromatic heterocycles. The van der Waals surface area contributed by atoms with E-state index < -0.39 is 53.1 Å². The Bertz CT molecular complexity index is 1330. The minimum atomic E-state index is -5.33. The zero-order valence-corrected chi connectivity index (χ0v) is 24.1. The quantitative estimate of drug-likeness (QED) is 0.351. The van der Waals surface area contributed by atoms with Gasteiger partial charge in [-0.2, -0.15) is 0 Å². The maximum absolute atomic E-state index is 12.8. The van der Waals surface area contributed by atoms with Gasteiger partial charge >= 0.3 is 210 Å². The van der Waals surface area contributed by atoms with E-state index in [1.807, 2.05) is 0 Å². The Morgan fingerprint density at radius 1 is 0.500 bits per heavy atom. The minimum absolute atomic E-state index is 0.290. The Morgan fingerprint density at radius 2 is 0.765 bits per heavy atom. The number of hydrogen-bond acceptors (Lipinski definition) is 9. The third kappa shape index (κ3) is 6.90. The Balaban J connectivity index is 2.00. The van der Waals surface area contributed by atoms with E-state index in [0.29, 0.717) is 16.7 Å². The van der Waals surface area contributed by atoms with Crippen LogP contribution in [0, 0.1) is 20.8 Å². The van der Waals surface area contributed by atoms with Gasteiger partial charge in [0, 0.05) is 0 Å². The van der Waals surface area contributed by atoms with Gasteiger partial charge in [0.1, 0.15) is 0 Å². The van der Waals surface area contributed by atoms with Crippen molar-refractivity contribution in [2.24, 2.45) is 0 Å². The zero-order chi connectivity index (χ0) is 25.1. The molecule has 9 nitrogen and oxygen atoms in total. The summed E-state index contributed by atoms with van der Waals surface area (Å²) in [7, 11) is -13.8. The average Bonchev–Trinajstić information content (AvgIpc) is 2.73. The van der Waals surface area contributed by atoms with Gasteiger partial charge < -0.3 is 0 Å². The molecule has 0 N–H and O–H groups in total. The Labute approximate surface area is 209 Å². The second-order valence-electron chi connectivity index (χ2n) is 7.39. The predicted octanol–water partition coefficient (Wildman–Crippen LogP) is 3.11. The van der Waals surface area contributed by atoms with Crippen LogP contribution in [-0.4, -0.2) is 48.0 Å². The van der Waals surface area contributed by atoms with Gasteiger partial charge in [-0.25, -0.2) is 0 Å². The summed E-state index contributed by atoms with van der Waals surface area (Å²) in [6, 6.07) is 16.9. The second-order valence-corrected chi connectivity index (χ2v) is 18.7. The van der Waals surface area contributed by atoms with Crippen LogP contribution >= 0.6 is 0 Å². The van der Waals surface area contributed by atoms with Crippen LogP contribution < -0.4 is 0 Å². The van der Waals surface area contributed by atoms with Crippen molar-refractivity contribution in [2.75, 3.05) is 0 Å². The summed E-state index contributed by atoms with van der Waals surface area (Å²) in [5.74, 6) is 0. The maximum atomic E-state index is 12.8. The molecule has 0 fully saturated rings. The molecule has 0 heterocycles. The van der Waals surface area contributed by atoms with Crippen LogP contribution in [0.3, 0.4) is 0 Å². The van der Waals surface area contributed by atoms with Gasteiger partial charge in [-0.3, -0.25) is 0 Å². The predicted molar refractivity (Wildman–Crippen MR) is 124 cm³/mol. The molecule has 0 bridgehead atoms. The van der Waals surface area contributed by atoms with Gasteiger partial charge in [-0.1, -0.05) is 0 Å². The molecule has 3 aromatic rings. The molecule has 0 atom stereocenters. The normalized spacial score (nSPS) is 12.4. The third-order valence-corrected chi connectivity index (χ3v) is 18.7. The fourth-order valence-corrected chi connectivity index (χ4v) is 16.5. The summed E-state index contributed by atoms with van der Waals surface area (Å²) in [4.78, 5) is -0.869. The molecule has 0 aliphatic carbocycles. The molecule has 0 aliphatic heterocycles. The summed E-state index contributed by atoms with van der Waals surface area (Å²) in [6.07, 6.45) is 0. The topological polar surface area (TPSA) is 130 Å². The van der Waals surface area contributed by atoms with Gasteiger partial charge in [0.2, 0.25) is 0 Å². The van der Waals surface area contributed by atoms with Gasteiger partial charge in [0.25, 0.3) is 0 Å². The number of aryl methyl sites for hydroxylation is 3. The van der Waals surface area contributed by atoms with Crippen LogP contribution in [0.1, 0.15) is 16.7 Å². The van der Waals surface area contributed by atoms with Crippen molar-refractivity contribution in [1.82, 2.24) is 0 Å². The van der Waals surface area contributed by atoms with Crippen molar-refractivity contribution in [1.29, 1.82) is 0 Å². The third-order valence-electron chi connectivity index (χ3n) is 4.45. The second kappa shape index (κ2) is 10.5. The fraction of sp³-hybridized carbons (Fsp3) is 0.143. The van der Waals surface area contributed by atoms with E-state index in [1.54, 1.807) is 39.0 Å². The summed E-state index contributed by atoms with van der Waals surface area (Å²) >= 11 is -5.33. The molecule has 180 valence electrons. The summed E-state index contributed by atoms with van der Waals surface area (Å²) in [6.45, 7) is 4.95. The first-order valence-electron chi connectivity index (χ1n) is 9.78. The molecule has 13 heteroatoms. The van der Waals surface area contributed by atoms with E-state index in [9.17, 15) is 25.3 Å². The Hall–Kier alpha value is -1.74. The van der Waals surface area contributed by atoms with Crippen molar-refractivity contribution in [3.05, 3.63) is 89.5 Å². The summed E-state index contributed by atoms with van der Waals surface area (Å²) in [5, 5.41) is 0. The van der Waals surface area contributed by atoms with E-state index in [-0.39, 0.29) is 14.7 Å². The molecule has 0 spiro atoms. The molecule has 0 aliphatic rings. The van der Waals surface area contributed by atoms with Crippen LogP contribution in [0.25, 0.3) is 0 Å². The van der Waals surface area contributed by atoms with E-state index >= 15 is 0 Å². The summed E-state index contributed by atoms with van der Waals surface area (Å²) < 4.78 is 92.1. The Morgan fingerprint density at radius 3 is 1.00 bits per heavy atom. The van der Waals surface area contributed by atoms with Gasteiger partial charge in [0.05, 0.1) is 0 Å². The van der Waals surface area contributed by atoms with Crippen LogP contribution in [0.5, 0.6) is 0 Å². The van der Waals surface area contributed by atoms with E-state index in [0.717, 1.165) is 0 Å². The van der Waals surface area contributed by atoms with Gasteiger partial charge in [-0.15, -0.1) is 0 Å². The molecule has 0 saturated carbocycles. The molecule has 0 saturated heterocycles. The Kier molecular flexibility index (Phi) is 8.28.